The van der Waals surface area contributed by atoms with Crippen molar-refractivity contribution in [2.45, 2.75) is 6.61 Å². The van der Waals surface area contributed by atoms with Crippen molar-refractivity contribution >= 4 is 44.7 Å². The van der Waals surface area contributed by atoms with Gasteiger partial charge in [0.05, 0.1) is 27.5 Å². The van der Waals surface area contributed by atoms with Gasteiger partial charge in [-0.25, -0.2) is 4.98 Å². The zero-order valence-corrected chi connectivity index (χ0v) is 13.2. The Morgan fingerprint density at radius 2 is 1.95 bits per heavy atom. The molecular formula is C16H13ClN2O2S. The van der Waals surface area contributed by atoms with Crippen molar-refractivity contribution in [2.24, 2.45) is 0 Å². The van der Waals surface area contributed by atoms with Crippen LogP contribution in [0.25, 0.3) is 10.2 Å². The number of amides is 1. The predicted octanol–water partition coefficient (Wildman–Crippen LogP) is 4.11. The Balaban J connectivity index is 1.52. The highest BCUT2D eigenvalue weighted by Gasteiger charge is 2.07. The molecule has 0 saturated heterocycles. The summed E-state index contributed by atoms with van der Waals surface area (Å²) in [7, 11) is 0. The Kier molecular flexibility index (Phi) is 4.68. The first kappa shape index (κ1) is 15.0. The molecule has 3 rings (SSSR count). The lowest BCUT2D eigenvalue weighted by Gasteiger charge is -2.06. The monoisotopic (exact) mass is 332 g/mol. The van der Waals surface area contributed by atoms with Crippen molar-refractivity contribution in [3.05, 3.63) is 58.6 Å². The Morgan fingerprint density at radius 1 is 1.18 bits per heavy atom. The quantitative estimate of drug-likeness (QED) is 0.765. The van der Waals surface area contributed by atoms with E-state index in [0.717, 1.165) is 15.2 Å². The fourth-order valence-corrected chi connectivity index (χ4v) is 3.05. The molecule has 0 saturated carbocycles. The van der Waals surface area contributed by atoms with Gasteiger partial charge >= 0.3 is 0 Å². The number of ether oxygens (including phenoxy) is 1. The van der Waals surface area contributed by atoms with Gasteiger partial charge in [-0.05, 0) is 24.3 Å². The van der Waals surface area contributed by atoms with Crippen molar-refractivity contribution in [1.29, 1.82) is 0 Å². The highest BCUT2D eigenvalue weighted by Crippen LogP contribution is 2.22. The zero-order valence-electron chi connectivity index (χ0n) is 11.6. The van der Waals surface area contributed by atoms with Crippen molar-refractivity contribution in [3.63, 3.8) is 0 Å². The summed E-state index contributed by atoms with van der Waals surface area (Å²) in [6, 6.07) is 15.0. The maximum absolute atomic E-state index is 11.8. The highest BCUT2D eigenvalue weighted by molar-refractivity contribution is 7.18. The summed E-state index contributed by atoms with van der Waals surface area (Å²) >= 11 is 7.55. The fraction of sp³-hybridized carbons (Fsp3) is 0.125. The van der Waals surface area contributed by atoms with E-state index in [1.54, 1.807) is 23.5 Å². The lowest BCUT2D eigenvalue weighted by atomic mass is 10.3. The first-order valence-corrected chi connectivity index (χ1v) is 7.88. The van der Waals surface area contributed by atoms with E-state index in [2.05, 4.69) is 10.3 Å². The van der Waals surface area contributed by atoms with Gasteiger partial charge < -0.3 is 10.1 Å². The Bertz CT molecular complexity index is 770. The van der Waals surface area contributed by atoms with E-state index in [0.29, 0.717) is 17.3 Å². The molecule has 6 heteroatoms. The van der Waals surface area contributed by atoms with Crippen LogP contribution in [0.3, 0.4) is 0 Å². The largest absolute Gasteiger partial charge is 0.364 e. The second-order valence-corrected chi connectivity index (χ2v) is 6.12. The molecule has 4 nitrogen and oxygen atoms in total. The number of benzene rings is 2. The van der Waals surface area contributed by atoms with Crippen molar-refractivity contribution in [2.75, 3.05) is 11.9 Å². The number of carbonyl (C=O) groups excluding carboxylic acids is 1. The molecule has 3 aromatic rings. The summed E-state index contributed by atoms with van der Waals surface area (Å²) in [6.45, 7) is 0.274. The lowest BCUT2D eigenvalue weighted by Crippen LogP contribution is -2.18. The number of carbonyl (C=O) groups is 1. The number of hydrogen-bond acceptors (Lipinski definition) is 4. The Morgan fingerprint density at radius 3 is 2.77 bits per heavy atom. The smallest absolute Gasteiger partial charge is 0.250 e. The molecule has 0 spiro atoms. The predicted molar refractivity (Wildman–Crippen MR) is 89.4 cm³/mol. The standard InChI is InChI=1S/C16H13ClN2O2S/c17-11-5-1-2-6-12(11)18-15(20)9-21-10-16-19-13-7-3-4-8-14(13)22-16/h1-8H,9-10H2,(H,18,20). The number of halogens is 1. The molecule has 1 N–H and O–H groups in total. The topological polar surface area (TPSA) is 51.2 Å². The molecule has 1 amide bonds. The molecule has 1 heterocycles. The van der Waals surface area contributed by atoms with E-state index >= 15 is 0 Å². The first-order chi connectivity index (χ1) is 10.7. The molecule has 0 radical (unpaired) electrons. The number of nitrogens with zero attached hydrogens (tertiary/aromatic N) is 1. The minimum Gasteiger partial charge on any atom is -0.364 e. The summed E-state index contributed by atoms with van der Waals surface area (Å²) in [5.74, 6) is -0.241. The third kappa shape index (κ3) is 3.62. The number of nitrogens with one attached hydrogen (secondary N) is 1. The second-order valence-electron chi connectivity index (χ2n) is 4.60. The number of para-hydroxylation sites is 2. The van der Waals surface area contributed by atoms with Crippen LogP contribution in [0.1, 0.15) is 5.01 Å². The Labute approximate surface area is 136 Å². The minimum atomic E-state index is -0.241. The average Bonchev–Trinajstić information content (AvgIpc) is 2.92. The molecule has 0 fully saturated rings. The van der Waals surface area contributed by atoms with Crippen molar-refractivity contribution in [1.82, 2.24) is 4.98 Å². The van der Waals surface area contributed by atoms with Gasteiger partial charge in [0.2, 0.25) is 5.91 Å². The lowest BCUT2D eigenvalue weighted by molar-refractivity contribution is -0.121. The molecule has 0 aliphatic rings. The van der Waals surface area contributed by atoms with Crippen LogP contribution in [0.2, 0.25) is 5.02 Å². The van der Waals surface area contributed by atoms with Crippen LogP contribution < -0.4 is 5.32 Å². The summed E-state index contributed by atoms with van der Waals surface area (Å²) in [5, 5.41) is 4.07. The molecule has 0 aliphatic carbocycles. The molecule has 22 heavy (non-hydrogen) atoms. The molecular weight excluding hydrogens is 320 g/mol. The van der Waals surface area contributed by atoms with E-state index in [-0.39, 0.29) is 12.5 Å². The summed E-state index contributed by atoms with van der Waals surface area (Å²) in [6.07, 6.45) is 0. The van der Waals surface area contributed by atoms with Crippen LogP contribution in [0.5, 0.6) is 0 Å². The van der Waals surface area contributed by atoms with Gasteiger partial charge in [0.15, 0.2) is 0 Å². The van der Waals surface area contributed by atoms with E-state index < -0.39 is 0 Å². The van der Waals surface area contributed by atoms with Crippen LogP contribution in [-0.4, -0.2) is 17.5 Å². The molecule has 112 valence electrons. The zero-order chi connectivity index (χ0) is 15.4. The van der Waals surface area contributed by atoms with Crippen LogP contribution in [-0.2, 0) is 16.1 Å². The third-order valence-corrected chi connectivity index (χ3v) is 4.28. The summed E-state index contributed by atoms with van der Waals surface area (Å²) in [5.41, 5.74) is 1.53. The normalized spacial score (nSPS) is 10.8. The van der Waals surface area contributed by atoms with Crippen molar-refractivity contribution < 1.29 is 9.53 Å². The highest BCUT2D eigenvalue weighted by atomic mass is 35.5. The van der Waals surface area contributed by atoms with E-state index in [1.807, 2.05) is 36.4 Å². The number of rotatable bonds is 5. The Hall–Kier alpha value is -1.95. The van der Waals surface area contributed by atoms with Gasteiger partial charge in [-0.15, -0.1) is 11.3 Å². The van der Waals surface area contributed by atoms with Gasteiger partial charge in [-0.3, -0.25) is 4.79 Å². The van der Waals surface area contributed by atoms with Crippen LogP contribution in [0, 0.1) is 0 Å². The maximum atomic E-state index is 11.8. The van der Waals surface area contributed by atoms with Gasteiger partial charge in [0.1, 0.15) is 11.6 Å². The van der Waals surface area contributed by atoms with E-state index in [1.165, 1.54) is 0 Å². The van der Waals surface area contributed by atoms with Crippen LogP contribution in [0.4, 0.5) is 5.69 Å². The van der Waals surface area contributed by atoms with Gasteiger partial charge in [0, 0.05) is 0 Å². The number of hydrogen-bond donors (Lipinski definition) is 1. The molecule has 2 aromatic carbocycles. The molecule has 0 aliphatic heterocycles. The molecule has 0 unspecified atom stereocenters. The molecule has 1 aromatic heterocycles. The van der Waals surface area contributed by atoms with Gasteiger partial charge in [-0.1, -0.05) is 35.9 Å². The first-order valence-electron chi connectivity index (χ1n) is 6.69. The number of thiazole rings is 1. The number of aromatic nitrogens is 1. The SMILES string of the molecule is O=C(COCc1nc2ccccc2s1)Nc1ccccc1Cl. The van der Waals surface area contributed by atoms with E-state index in [9.17, 15) is 4.79 Å². The van der Waals surface area contributed by atoms with Crippen LogP contribution in [0.15, 0.2) is 48.5 Å². The summed E-state index contributed by atoms with van der Waals surface area (Å²) in [4.78, 5) is 16.3. The van der Waals surface area contributed by atoms with Crippen LogP contribution >= 0.6 is 22.9 Å². The van der Waals surface area contributed by atoms with Gasteiger partial charge in [-0.2, -0.15) is 0 Å². The third-order valence-electron chi connectivity index (χ3n) is 2.94. The minimum absolute atomic E-state index is 0.0405. The number of fused-ring (bicyclic) bond motifs is 1. The van der Waals surface area contributed by atoms with E-state index in [4.69, 9.17) is 16.3 Å². The number of anilines is 1. The second kappa shape index (κ2) is 6.87. The van der Waals surface area contributed by atoms with Crippen molar-refractivity contribution in [3.8, 4) is 0 Å². The maximum Gasteiger partial charge on any atom is 0.250 e. The molecule has 0 bridgehead atoms. The van der Waals surface area contributed by atoms with Gasteiger partial charge in [0.25, 0.3) is 0 Å². The summed E-state index contributed by atoms with van der Waals surface area (Å²) < 4.78 is 6.53. The average molecular weight is 333 g/mol. The fourth-order valence-electron chi connectivity index (χ4n) is 1.96. The molecule has 0 atom stereocenters.